The molecule has 1 aromatic rings. The van der Waals surface area contributed by atoms with Crippen LogP contribution in [-0.4, -0.2) is 6.04 Å². The van der Waals surface area contributed by atoms with Crippen molar-refractivity contribution in [3.05, 3.63) is 34.9 Å². The molecule has 2 saturated carbocycles. The van der Waals surface area contributed by atoms with Crippen LogP contribution >= 0.6 is 0 Å². The number of hydrogen-bond donors (Lipinski definition) is 1. The fourth-order valence-electron chi connectivity index (χ4n) is 3.60. The zero-order valence-corrected chi connectivity index (χ0v) is 11.1. The Hall–Kier alpha value is -0.820. The van der Waals surface area contributed by atoms with Crippen LogP contribution in [0.15, 0.2) is 18.2 Å². The maximum Gasteiger partial charge on any atom is 0.0208 e. The summed E-state index contributed by atoms with van der Waals surface area (Å²) in [5.41, 5.74) is 4.71. The van der Waals surface area contributed by atoms with E-state index in [0.29, 0.717) is 0 Å². The van der Waals surface area contributed by atoms with Gasteiger partial charge in [-0.3, -0.25) is 0 Å². The van der Waals surface area contributed by atoms with Crippen molar-refractivity contribution in [3.8, 4) is 0 Å². The van der Waals surface area contributed by atoms with Crippen LogP contribution in [0.2, 0.25) is 0 Å². The van der Waals surface area contributed by atoms with Crippen molar-refractivity contribution in [2.75, 3.05) is 0 Å². The molecule has 3 aliphatic rings. The molecule has 0 radical (unpaired) electrons. The molecular formula is C17H23N. The first-order valence-electron chi connectivity index (χ1n) is 7.74. The van der Waals surface area contributed by atoms with E-state index >= 15 is 0 Å². The molecule has 1 aromatic carbocycles. The zero-order chi connectivity index (χ0) is 11.9. The summed E-state index contributed by atoms with van der Waals surface area (Å²) in [5.74, 6) is 2.01. The van der Waals surface area contributed by atoms with Gasteiger partial charge in [0.25, 0.3) is 0 Å². The van der Waals surface area contributed by atoms with Crippen molar-refractivity contribution >= 4 is 0 Å². The Morgan fingerprint density at radius 3 is 2.44 bits per heavy atom. The molecule has 1 N–H and O–H groups in total. The Morgan fingerprint density at radius 1 is 1.00 bits per heavy atom. The number of rotatable bonds is 5. The second kappa shape index (κ2) is 4.38. The standard InChI is InChI=1S/C17H23N/c1-2-13-5-4-12(10-16(13)3-1)11-18-17(14-6-7-14)15-8-9-15/h4-5,10,14-15,17-18H,1-3,6-9,11H2. The summed E-state index contributed by atoms with van der Waals surface area (Å²) >= 11 is 0. The average molecular weight is 241 g/mol. The molecule has 0 aliphatic heterocycles. The van der Waals surface area contributed by atoms with Gasteiger partial charge in [-0.2, -0.15) is 0 Å². The molecule has 18 heavy (non-hydrogen) atoms. The monoisotopic (exact) mass is 241 g/mol. The van der Waals surface area contributed by atoms with Gasteiger partial charge in [-0.1, -0.05) is 18.2 Å². The fraction of sp³-hybridized carbons (Fsp3) is 0.647. The highest BCUT2D eigenvalue weighted by atomic mass is 14.9. The molecule has 0 saturated heterocycles. The molecule has 0 bridgehead atoms. The molecule has 0 atom stereocenters. The molecule has 3 aliphatic carbocycles. The van der Waals surface area contributed by atoms with Crippen LogP contribution in [0, 0.1) is 11.8 Å². The Balaban J connectivity index is 1.41. The van der Waals surface area contributed by atoms with Crippen LogP contribution in [0.3, 0.4) is 0 Å². The molecule has 4 rings (SSSR count). The fourth-order valence-corrected chi connectivity index (χ4v) is 3.60. The second-order valence-electron chi connectivity index (χ2n) is 6.54. The van der Waals surface area contributed by atoms with E-state index < -0.39 is 0 Å². The van der Waals surface area contributed by atoms with Crippen molar-refractivity contribution in [1.82, 2.24) is 5.32 Å². The van der Waals surface area contributed by atoms with E-state index in [9.17, 15) is 0 Å². The Labute approximate surface area is 110 Å². The first kappa shape index (κ1) is 11.0. The topological polar surface area (TPSA) is 12.0 Å². The number of hydrogen-bond acceptors (Lipinski definition) is 1. The molecule has 0 aromatic heterocycles. The smallest absolute Gasteiger partial charge is 0.0208 e. The quantitative estimate of drug-likeness (QED) is 0.832. The maximum absolute atomic E-state index is 3.85. The largest absolute Gasteiger partial charge is 0.309 e. The van der Waals surface area contributed by atoms with Gasteiger partial charge in [-0.05, 0) is 73.5 Å². The molecule has 1 nitrogen and oxygen atoms in total. The lowest BCUT2D eigenvalue weighted by Gasteiger charge is -2.18. The highest BCUT2D eigenvalue weighted by Crippen LogP contribution is 2.44. The van der Waals surface area contributed by atoms with Crippen molar-refractivity contribution in [2.45, 2.75) is 57.5 Å². The average Bonchev–Trinajstić information content (AvgIpc) is 3.29. The SMILES string of the molecule is c1cc2c(cc1CNC(C1CC1)C1CC1)CCC2. The van der Waals surface area contributed by atoms with Gasteiger partial charge in [0.1, 0.15) is 0 Å². The van der Waals surface area contributed by atoms with E-state index in [2.05, 4.69) is 23.5 Å². The number of benzene rings is 1. The molecule has 0 amide bonds. The third-order valence-electron chi connectivity index (χ3n) is 4.96. The van der Waals surface area contributed by atoms with Crippen LogP contribution in [0.5, 0.6) is 0 Å². The highest BCUT2D eigenvalue weighted by molar-refractivity contribution is 5.35. The molecule has 2 fully saturated rings. The summed E-state index contributed by atoms with van der Waals surface area (Å²) in [5, 5.41) is 3.85. The van der Waals surface area contributed by atoms with Crippen LogP contribution in [0.25, 0.3) is 0 Å². The van der Waals surface area contributed by atoms with E-state index in [1.54, 1.807) is 11.1 Å². The Kier molecular flexibility index (Phi) is 2.69. The third-order valence-corrected chi connectivity index (χ3v) is 4.96. The van der Waals surface area contributed by atoms with Gasteiger partial charge < -0.3 is 5.32 Å². The lowest BCUT2D eigenvalue weighted by Crippen LogP contribution is -2.32. The van der Waals surface area contributed by atoms with E-state index in [0.717, 1.165) is 24.4 Å². The van der Waals surface area contributed by atoms with Gasteiger partial charge in [0.15, 0.2) is 0 Å². The van der Waals surface area contributed by atoms with Crippen LogP contribution in [0.4, 0.5) is 0 Å². The first-order chi connectivity index (χ1) is 8.90. The van der Waals surface area contributed by atoms with Gasteiger partial charge in [0.05, 0.1) is 0 Å². The zero-order valence-electron chi connectivity index (χ0n) is 11.1. The summed E-state index contributed by atoms with van der Waals surface area (Å²) in [4.78, 5) is 0. The lowest BCUT2D eigenvalue weighted by atomic mass is 10.0. The summed E-state index contributed by atoms with van der Waals surface area (Å²) in [6.07, 6.45) is 9.85. The molecule has 0 unspecified atom stereocenters. The Bertz CT molecular complexity index is 431. The predicted octanol–water partition coefficient (Wildman–Crippen LogP) is 3.45. The highest BCUT2D eigenvalue weighted by Gasteiger charge is 2.40. The van der Waals surface area contributed by atoms with E-state index in [1.807, 2.05) is 0 Å². The van der Waals surface area contributed by atoms with Gasteiger partial charge in [0.2, 0.25) is 0 Å². The number of nitrogens with one attached hydrogen (secondary N) is 1. The number of aryl methyl sites for hydroxylation is 2. The van der Waals surface area contributed by atoms with E-state index in [1.165, 1.54) is 50.5 Å². The van der Waals surface area contributed by atoms with Crippen molar-refractivity contribution in [1.29, 1.82) is 0 Å². The summed E-state index contributed by atoms with van der Waals surface area (Å²) < 4.78 is 0. The third kappa shape index (κ3) is 2.21. The number of fused-ring (bicyclic) bond motifs is 1. The minimum atomic E-state index is 0.832. The first-order valence-corrected chi connectivity index (χ1v) is 7.74. The molecule has 0 heterocycles. The molecule has 0 spiro atoms. The van der Waals surface area contributed by atoms with Gasteiger partial charge in [0, 0.05) is 12.6 Å². The van der Waals surface area contributed by atoms with Gasteiger partial charge in [-0.25, -0.2) is 0 Å². The van der Waals surface area contributed by atoms with Crippen LogP contribution in [0.1, 0.15) is 48.8 Å². The van der Waals surface area contributed by atoms with Crippen molar-refractivity contribution < 1.29 is 0 Å². The van der Waals surface area contributed by atoms with E-state index in [4.69, 9.17) is 0 Å². The molecule has 96 valence electrons. The summed E-state index contributed by atoms with van der Waals surface area (Å²) in [6, 6.07) is 7.99. The van der Waals surface area contributed by atoms with Crippen LogP contribution in [-0.2, 0) is 19.4 Å². The lowest BCUT2D eigenvalue weighted by molar-refractivity contribution is 0.416. The van der Waals surface area contributed by atoms with E-state index in [-0.39, 0.29) is 0 Å². The normalized spacial score (nSPS) is 22.5. The molecular weight excluding hydrogens is 218 g/mol. The predicted molar refractivity (Wildman–Crippen MR) is 74.5 cm³/mol. The van der Waals surface area contributed by atoms with Crippen molar-refractivity contribution in [3.63, 3.8) is 0 Å². The summed E-state index contributed by atoms with van der Waals surface area (Å²) in [6.45, 7) is 1.09. The summed E-state index contributed by atoms with van der Waals surface area (Å²) in [7, 11) is 0. The minimum Gasteiger partial charge on any atom is -0.309 e. The van der Waals surface area contributed by atoms with Gasteiger partial charge in [-0.15, -0.1) is 0 Å². The minimum absolute atomic E-state index is 0.832. The van der Waals surface area contributed by atoms with Crippen molar-refractivity contribution in [2.24, 2.45) is 11.8 Å². The molecule has 1 heteroatoms. The maximum atomic E-state index is 3.85. The second-order valence-corrected chi connectivity index (χ2v) is 6.54. The van der Waals surface area contributed by atoms with Gasteiger partial charge >= 0.3 is 0 Å². The Morgan fingerprint density at radius 2 is 1.72 bits per heavy atom. The van der Waals surface area contributed by atoms with Crippen LogP contribution < -0.4 is 5.32 Å².